The molecular formula is C12H22N2O14S2. The van der Waals surface area contributed by atoms with E-state index < -0.39 is 81.8 Å². The van der Waals surface area contributed by atoms with Crippen molar-refractivity contribution in [1.82, 2.24) is 9.80 Å². The van der Waals surface area contributed by atoms with Crippen LogP contribution in [0.5, 0.6) is 0 Å². The Morgan fingerprint density at radius 2 is 0.733 bits per heavy atom. The summed E-state index contributed by atoms with van der Waals surface area (Å²) in [6, 6.07) is 0. The van der Waals surface area contributed by atoms with Crippen LogP contribution in [0.4, 0.5) is 0 Å². The summed E-state index contributed by atoms with van der Waals surface area (Å²) in [7, 11) is -8.59. The minimum Gasteiger partial charge on any atom is -0.480 e. The second-order valence-corrected chi connectivity index (χ2v) is 8.71. The maximum absolute atomic E-state index is 10.6. The number of aliphatic carboxylic acids is 4. The first-order valence-electron chi connectivity index (χ1n) is 7.63. The van der Waals surface area contributed by atoms with E-state index in [9.17, 15) is 36.0 Å². The lowest BCUT2D eigenvalue weighted by Crippen LogP contribution is -2.43. The van der Waals surface area contributed by atoms with E-state index in [-0.39, 0.29) is 13.1 Å². The van der Waals surface area contributed by atoms with Crippen LogP contribution in [0.25, 0.3) is 0 Å². The maximum Gasteiger partial charge on any atom is 0.317 e. The third-order valence-electron chi connectivity index (χ3n) is 2.77. The van der Waals surface area contributed by atoms with Crippen molar-refractivity contribution in [2.75, 3.05) is 50.8 Å². The smallest absolute Gasteiger partial charge is 0.317 e. The molecule has 0 unspecified atom stereocenters. The minimum absolute atomic E-state index is 0.0703. The SMILES string of the molecule is O=C(O)CN(CCN(CC(=O)O)CC(=O)O)CC(=O)O.O=S(=O)(O)CCS(=O)(=O)O. The molecule has 0 aromatic rings. The van der Waals surface area contributed by atoms with Gasteiger partial charge in [-0.05, 0) is 0 Å². The van der Waals surface area contributed by atoms with Crippen LogP contribution in [0.15, 0.2) is 0 Å². The Kier molecular flexibility index (Phi) is 13.7. The van der Waals surface area contributed by atoms with Crippen LogP contribution in [-0.2, 0) is 39.4 Å². The topological polar surface area (TPSA) is 264 Å². The first-order chi connectivity index (χ1) is 13.4. The van der Waals surface area contributed by atoms with Gasteiger partial charge in [0.15, 0.2) is 0 Å². The number of carbonyl (C=O) groups is 4. The molecule has 0 saturated heterocycles. The summed E-state index contributed by atoms with van der Waals surface area (Å²) >= 11 is 0. The van der Waals surface area contributed by atoms with E-state index in [1.54, 1.807) is 0 Å². The van der Waals surface area contributed by atoms with Crippen LogP contribution in [0.1, 0.15) is 0 Å². The summed E-state index contributed by atoms with van der Waals surface area (Å²) in [6.45, 7) is -2.25. The Bertz CT molecular complexity index is 707. The standard InChI is InChI=1S/C10H16N2O8.C2H6O6S2/c13-7(14)3-11(4-8(15)16)1-2-12(5-9(17)18)6-10(19)20;3-9(4,5)1-2-10(6,7)8/h1-6H2,(H,13,14)(H,15,16)(H,17,18)(H,19,20);1-2H2,(H,3,4,5)(H,6,7,8). The number of rotatable bonds is 14. The predicted molar refractivity (Wildman–Crippen MR) is 96.3 cm³/mol. The van der Waals surface area contributed by atoms with Crippen LogP contribution >= 0.6 is 0 Å². The second-order valence-electron chi connectivity index (χ2n) is 5.57. The molecule has 0 aromatic carbocycles. The zero-order valence-corrected chi connectivity index (χ0v) is 17.0. The third-order valence-corrected chi connectivity index (χ3v) is 4.47. The number of hydrogen-bond acceptors (Lipinski definition) is 10. The van der Waals surface area contributed by atoms with E-state index >= 15 is 0 Å². The van der Waals surface area contributed by atoms with E-state index in [0.717, 1.165) is 9.80 Å². The minimum atomic E-state index is -4.30. The molecule has 0 amide bonds. The first kappa shape index (κ1) is 29.8. The predicted octanol–water partition coefficient (Wildman–Crippen LogP) is -3.31. The summed E-state index contributed by atoms with van der Waals surface area (Å²) < 4.78 is 55.4. The molecule has 0 radical (unpaired) electrons. The third kappa shape index (κ3) is 23.7. The Morgan fingerprint density at radius 3 is 0.867 bits per heavy atom. The molecule has 176 valence electrons. The molecule has 0 spiro atoms. The molecule has 0 atom stereocenters. The van der Waals surface area contributed by atoms with Gasteiger partial charge in [0.05, 0.1) is 37.7 Å². The van der Waals surface area contributed by atoms with Gasteiger partial charge in [0, 0.05) is 13.1 Å². The van der Waals surface area contributed by atoms with Gasteiger partial charge in [-0.25, -0.2) is 0 Å². The molecule has 0 aliphatic rings. The molecule has 0 aliphatic heterocycles. The van der Waals surface area contributed by atoms with Crippen molar-refractivity contribution in [3.63, 3.8) is 0 Å². The van der Waals surface area contributed by atoms with Crippen LogP contribution < -0.4 is 0 Å². The van der Waals surface area contributed by atoms with Gasteiger partial charge in [0.25, 0.3) is 20.2 Å². The van der Waals surface area contributed by atoms with Crippen molar-refractivity contribution in [2.45, 2.75) is 0 Å². The monoisotopic (exact) mass is 482 g/mol. The van der Waals surface area contributed by atoms with E-state index in [1.807, 2.05) is 0 Å². The second kappa shape index (κ2) is 13.8. The highest BCUT2D eigenvalue weighted by atomic mass is 32.2. The van der Waals surface area contributed by atoms with Crippen molar-refractivity contribution >= 4 is 44.1 Å². The van der Waals surface area contributed by atoms with Crippen molar-refractivity contribution in [3.05, 3.63) is 0 Å². The van der Waals surface area contributed by atoms with Crippen molar-refractivity contribution in [1.29, 1.82) is 0 Å². The molecule has 0 bridgehead atoms. The molecule has 0 fully saturated rings. The highest BCUT2D eigenvalue weighted by Gasteiger charge is 2.18. The van der Waals surface area contributed by atoms with Crippen molar-refractivity contribution < 1.29 is 65.5 Å². The average molecular weight is 482 g/mol. The quantitative estimate of drug-likeness (QED) is 0.132. The summed E-state index contributed by atoms with van der Waals surface area (Å²) in [5.41, 5.74) is 0. The van der Waals surface area contributed by atoms with E-state index in [0.29, 0.717) is 0 Å². The molecule has 0 heterocycles. The molecular weight excluding hydrogens is 460 g/mol. The summed E-state index contributed by atoms with van der Waals surface area (Å²) in [5, 5.41) is 34.5. The highest BCUT2D eigenvalue weighted by molar-refractivity contribution is 7.89. The Balaban J connectivity index is 0. The molecule has 0 rings (SSSR count). The lowest BCUT2D eigenvalue weighted by atomic mass is 10.4. The molecule has 0 aliphatic carbocycles. The van der Waals surface area contributed by atoms with Crippen LogP contribution in [0.2, 0.25) is 0 Å². The van der Waals surface area contributed by atoms with Crippen molar-refractivity contribution in [3.8, 4) is 0 Å². The first-order valence-corrected chi connectivity index (χ1v) is 10.8. The fourth-order valence-electron chi connectivity index (χ4n) is 1.69. The van der Waals surface area contributed by atoms with E-state index in [4.69, 9.17) is 29.5 Å². The fraction of sp³-hybridized carbons (Fsp3) is 0.667. The van der Waals surface area contributed by atoms with E-state index in [1.165, 1.54) is 0 Å². The van der Waals surface area contributed by atoms with Crippen molar-refractivity contribution in [2.24, 2.45) is 0 Å². The Hall–Kier alpha value is -2.38. The fourth-order valence-corrected chi connectivity index (χ4v) is 3.37. The number of carboxylic acid groups (broad SMARTS) is 4. The van der Waals surface area contributed by atoms with Crippen LogP contribution in [0.3, 0.4) is 0 Å². The molecule has 18 heteroatoms. The molecule has 0 aromatic heterocycles. The van der Waals surface area contributed by atoms with Gasteiger partial charge >= 0.3 is 23.9 Å². The normalized spacial score (nSPS) is 11.6. The summed E-state index contributed by atoms with van der Waals surface area (Å²) in [4.78, 5) is 44.4. The van der Waals surface area contributed by atoms with Gasteiger partial charge in [-0.15, -0.1) is 0 Å². The molecule has 16 nitrogen and oxygen atoms in total. The maximum atomic E-state index is 10.6. The van der Waals surface area contributed by atoms with Gasteiger partial charge < -0.3 is 20.4 Å². The molecule has 30 heavy (non-hydrogen) atoms. The molecule has 0 saturated carbocycles. The Labute approximate surface area is 170 Å². The van der Waals surface area contributed by atoms with Gasteiger partial charge in [-0.2, -0.15) is 16.8 Å². The number of nitrogens with zero attached hydrogens (tertiary/aromatic N) is 2. The lowest BCUT2D eigenvalue weighted by molar-refractivity contribution is -0.145. The summed E-state index contributed by atoms with van der Waals surface area (Å²) in [6.07, 6.45) is 0. The largest absolute Gasteiger partial charge is 0.480 e. The number of carboxylic acids is 4. The lowest BCUT2D eigenvalue weighted by Gasteiger charge is -2.23. The van der Waals surface area contributed by atoms with Crippen LogP contribution in [0, 0.1) is 0 Å². The summed E-state index contributed by atoms with van der Waals surface area (Å²) in [5.74, 6) is -6.87. The van der Waals surface area contributed by atoms with Gasteiger partial charge in [0.1, 0.15) is 0 Å². The Morgan fingerprint density at radius 1 is 0.533 bits per heavy atom. The molecule has 6 N–H and O–H groups in total. The van der Waals surface area contributed by atoms with Gasteiger partial charge in [0.2, 0.25) is 0 Å². The zero-order chi connectivity index (χ0) is 24.1. The zero-order valence-electron chi connectivity index (χ0n) is 15.3. The van der Waals surface area contributed by atoms with Gasteiger partial charge in [-0.3, -0.25) is 38.1 Å². The highest BCUT2D eigenvalue weighted by Crippen LogP contribution is 1.94. The average Bonchev–Trinajstić information content (AvgIpc) is 2.47. The van der Waals surface area contributed by atoms with Crippen LogP contribution in [-0.4, -0.2) is 131 Å². The van der Waals surface area contributed by atoms with Gasteiger partial charge in [-0.1, -0.05) is 0 Å². The van der Waals surface area contributed by atoms with E-state index in [2.05, 4.69) is 0 Å². The number of hydrogen-bond donors (Lipinski definition) is 6.